The molecule has 0 aliphatic carbocycles. The summed E-state index contributed by atoms with van der Waals surface area (Å²) in [5.74, 6) is -1.02. The first-order valence-corrected chi connectivity index (χ1v) is 25.4. The van der Waals surface area contributed by atoms with Gasteiger partial charge in [-0.15, -0.1) is 0 Å². The van der Waals surface area contributed by atoms with E-state index in [9.17, 15) is 28.7 Å². The van der Waals surface area contributed by atoms with E-state index in [4.69, 9.17) is 23.8 Å². The van der Waals surface area contributed by atoms with Gasteiger partial charge in [0.2, 0.25) is 0 Å². The van der Waals surface area contributed by atoms with Gasteiger partial charge in [0, 0.05) is 12.8 Å². The Bertz CT molecular complexity index is 1070. The van der Waals surface area contributed by atoms with Crippen molar-refractivity contribution in [2.75, 3.05) is 26.4 Å². The summed E-state index contributed by atoms with van der Waals surface area (Å²) in [5, 5.41) is 9.74. The van der Waals surface area contributed by atoms with Gasteiger partial charge in [0.25, 0.3) is 0 Å². The normalized spacial score (nSPS) is 14.1. The third kappa shape index (κ3) is 42.8. The minimum atomic E-state index is -4.86. The number of phosphoric acid groups is 2. The maximum atomic E-state index is 12.7. The van der Waals surface area contributed by atoms with E-state index in [1.807, 2.05) is 0 Å². The van der Waals surface area contributed by atoms with Gasteiger partial charge in [-0.3, -0.25) is 23.2 Å². The van der Waals surface area contributed by atoms with Gasteiger partial charge in [0.15, 0.2) is 6.10 Å². The molecule has 0 saturated carbocycles. The molecule has 1 unspecified atom stereocenters. The van der Waals surface area contributed by atoms with Crippen molar-refractivity contribution < 1.29 is 61.6 Å². The second kappa shape index (κ2) is 39.0. The van der Waals surface area contributed by atoms with Crippen molar-refractivity contribution in [3.8, 4) is 0 Å². The van der Waals surface area contributed by atoms with Crippen LogP contribution >= 0.6 is 15.6 Å². The number of phosphoric ester groups is 2. The van der Waals surface area contributed by atoms with Gasteiger partial charge in [-0.1, -0.05) is 167 Å². The van der Waals surface area contributed by atoms with E-state index in [-0.39, 0.29) is 19.4 Å². The molecular weight excluding hydrogens is 774 g/mol. The van der Waals surface area contributed by atoms with Gasteiger partial charge in [-0.05, 0) is 38.5 Å². The largest absolute Gasteiger partial charge is 0.472 e. The lowest BCUT2D eigenvalue weighted by Crippen LogP contribution is -2.30. The second-order valence-corrected chi connectivity index (χ2v) is 18.0. The van der Waals surface area contributed by atoms with Crippen LogP contribution in [-0.2, 0) is 41.8 Å². The van der Waals surface area contributed by atoms with Crippen LogP contribution in [0.4, 0.5) is 0 Å². The average molecular weight is 857 g/mol. The molecule has 0 heterocycles. The number of esters is 2. The summed E-state index contributed by atoms with van der Waals surface area (Å²) in [4.78, 5) is 52.7. The van der Waals surface area contributed by atoms with Crippen molar-refractivity contribution in [1.29, 1.82) is 0 Å². The van der Waals surface area contributed by atoms with E-state index in [0.717, 1.165) is 51.4 Å². The number of unbranched alkanes of at least 4 members (excludes halogenated alkanes) is 25. The van der Waals surface area contributed by atoms with E-state index in [1.54, 1.807) is 0 Å². The van der Waals surface area contributed by atoms with Gasteiger partial charge < -0.3 is 29.3 Å². The molecule has 0 aliphatic heterocycles. The van der Waals surface area contributed by atoms with Gasteiger partial charge >= 0.3 is 27.6 Å². The molecule has 0 fully saturated rings. The van der Waals surface area contributed by atoms with Crippen LogP contribution in [-0.4, -0.2) is 70.4 Å². The minimum absolute atomic E-state index is 0.131. The fourth-order valence-corrected chi connectivity index (χ4v) is 7.38. The average Bonchev–Trinajstić information content (AvgIpc) is 3.17. The van der Waals surface area contributed by atoms with E-state index < -0.39 is 59.6 Å². The van der Waals surface area contributed by atoms with Gasteiger partial charge in [0.05, 0.1) is 19.8 Å². The molecule has 0 radical (unpaired) electrons. The van der Waals surface area contributed by atoms with Crippen LogP contribution in [0.1, 0.15) is 206 Å². The highest BCUT2D eigenvalue weighted by atomic mass is 31.2. The first-order chi connectivity index (χ1) is 27.4. The number of ether oxygens (including phenoxy) is 2. The molecule has 0 bridgehead atoms. The van der Waals surface area contributed by atoms with Crippen LogP contribution in [0.15, 0.2) is 12.2 Å². The Morgan fingerprint density at radius 3 is 1.32 bits per heavy atom. The molecule has 4 N–H and O–H groups in total. The molecule has 0 rings (SSSR count). The number of carbonyl (C=O) groups excluding carboxylic acids is 2. The van der Waals surface area contributed by atoms with Crippen LogP contribution in [0.3, 0.4) is 0 Å². The third-order valence-corrected chi connectivity index (χ3v) is 11.1. The Morgan fingerprint density at radius 1 is 0.491 bits per heavy atom. The lowest BCUT2D eigenvalue weighted by atomic mass is 10.0. The van der Waals surface area contributed by atoms with Gasteiger partial charge in [-0.25, -0.2) is 9.13 Å². The fourth-order valence-electron chi connectivity index (χ4n) is 6.23. The summed E-state index contributed by atoms with van der Waals surface area (Å²) >= 11 is 0. The topological polar surface area (TPSA) is 195 Å². The minimum Gasteiger partial charge on any atom is -0.462 e. The summed E-state index contributed by atoms with van der Waals surface area (Å²) in [6, 6.07) is 0. The molecule has 0 spiro atoms. The maximum absolute atomic E-state index is 12.7. The highest BCUT2D eigenvalue weighted by Crippen LogP contribution is 2.43. The Labute approximate surface area is 345 Å². The Balaban J connectivity index is 4.48. The Kier molecular flexibility index (Phi) is 38.2. The number of aliphatic hydroxyl groups excluding tert-OH is 1. The van der Waals surface area contributed by atoms with Gasteiger partial charge in [-0.2, -0.15) is 0 Å². The highest BCUT2D eigenvalue weighted by molar-refractivity contribution is 7.47. The molecule has 0 aromatic rings. The van der Waals surface area contributed by atoms with Crippen molar-refractivity contribution in [2.45, 2.75) is 219 Å². The summed E-state index contributed by atoms with van der Waals surface area (Å²) in [6.07, 6.45) is 34.8. The van der Waals surface area contributed by atoms with E-state index in [2.05, 4.69) is 35.0 Å². The van der Waals surface area contributed by atoms with Crippen LogP contribution in [0, 0.1) is 0 Å². The van der Waals surface area contributed by atoms with Crippen LogP contribution < -0.4 is 0 Å². The van der Waals surface area contributed by atoms with Crippen LogP contribution in [0.2, 0.25) is 0 Å². The number of hydrogen-bond donors (Lipinski definition) is 4. The monoisotopic (exact) mass is 857 g/mol. The van der Waals surface area contributed by atoms with E-state index in [0.29, 0.717) is 12.8 Å². The standard InChI is InChI=1S/C42H82O13P2/c1-3-5-7-9-11-13-15-17-19-21-23-25-27-29-31-33-41(44)51-37-40(38-54-57(49,50)53-36-39(43)35-52-56(46,47)48)55-42(45)34-32-30-28-26-24-22-20-18-16-14-12-10-8-6-4-2/h14,16,39-40,43H,3-13,15,17-38H2,1-2H3,(H,49,50)(H2,46,47,48)/b16-14-/t39-,40+/m0/s1. The number of carbonyl (C=O) groups is 2. The van der Waals surface area contributed by atoms with Gasteiger partial charge in [0.1, 0.15) is 12.7 Å². The SMILES string of the molecule is CCCCCC/C=C\CCCCCCCCCC(=O)O[C@H](COC(=O)CCCCCCCCCCCCCCCCC)COP(=O)(O)OC[C@@H](O)COP(=O)(O)O. The lowest BCUT2D eigenvalue weighted by Gasteiger charge is -2.20. The van der Waals surface area contributed by atoms with E-state index in [1.165, 1.54) is 116 Å². The number of rotatable bonds is 43. The zero-order valence-electron chi connectivity index (χ0n) is 35.7. The fraction of sp³-hybridized carbons (Fsp3) is 0.905. The summed E-state index contributed by atoms with van der Waals surface area (Å²) in [6.45, 7) is 1.78. The number of allylic oxidation sites excluding steroid dienone is 2. The quantitative estimate of drug-likeness (QED) is 0.0196. The van der Waals surface area contributed by atoms with E-state index >= 15 is 0 Å². The zero-order valence-corrected chi connectivity index (χ0v) is 37.5. The molecule has 0 aliphatic rings. The molecule has 13 nitrogen and oxygen atoms in total. The molecule has 338 valence electrons. The molecule has 15 heteroatoms. The van der Waals surface area contributed by atoms with Crippen molar-refractivity contribution in [3.05, 3.63) is 12.2 Å². The third-order valence-electron chi connectivity index (χ3n) is 9.64. The Hall–Kier alpha value is -1.14. The Morgan fingerprint density at radius 2 is 0.860 bits per heavy atom. The summed E-state index contributed by atoms with van der Waals surface area (Å²) in [5.41, 5.74) is 0. The number of hydrogen-bond acceptors (Lipinski definition) is 10. The molecule has 3 atom stereocenters. The molecule has 0 saturated heterocycles. The lowest BCUT2D eigenvalue weighted by molar-refractivity contribution is -0.161. The van der Waals surface area contributed by atoms with Crippen molar-refractivity contribution in [3.63, 3.8) is 0 Å². The second-order valence-electron chi connectivity index (χ2n) is 15.3. The molecular formula is C42H82O13P2. The molecule has 0 aromatic heterocycles. The summed E-state index contributed by atoms with van der Waals surface area (Å²) in [7, 11) is -9.66. The smallest absolute Gasteiger partial charge is 0.462 e. The predicted octanol–water partition coefficient (Wildman–Crippen LogP) is 11.3. The molecule has 0 aromatic carbocycles. The molecule has 57 heavy (non-hydrogen) atoms. The van der Waals surface area contributed by atoms with Crippen molar-refractivity contribution in [2.24, 2.45) is 0 Å². The molecule has 0 amide bonds. The van der Waals surface area contributed by atoms with Crippen LogP contribution in [0.5, 0.6) is 0 Å². The van der Waals surface area contributed by atoms with Crippen molar-refractivity contribution >= 4 is 27.6 Å². The summed E-state index contributed by atoms with van der Waals surface area (Å²) < 4.78 is 47.8. The van der Waals surface area contributed by atoms with Crippen LogP contribution in [0.25, 0.3) is 0 Å². The van der Waals surface area contributed by atoms with Crippen molar-refractivity contribution in [1.82, 2.24) is 0 Å². The first-order valence-electron chi connectivity index (χ1n) is 22.4. The first kappa shape index (κ1) is 55.9. The maximum Gasteiger partial charge on any atom is 0.472 e. The predicted molar refractivity (Wildman–Crippen MR) is 226 cm³/mol. The number of aliphatic hydroxyl groups is 1. The highest BCUT2D eigenvalue weighted by Gasteiger charge is 2.28. The zero-order chi connectivity index (χ0) is 42.3.